The molecule has 0 amide bonds. The molecule has 2 aliphatic rings. The van der Waals surface area contributed by atoms with E-state index >= 15 is 0 Å². The van der Waals surface area contributed by atoms with Crippen molar-refractivity contribution in [1.82, 2.24) is 14.5 Å². The Morgan fingerprint density at radius 3 is 2.39 bits per heavy atom. The van der Waals surface area contributed by atoms with E-state index < -0.39 is 0 Å². The fraction of sp³-hybridized carbons (Fsp3) is 0.391. The number of benzene rings is 2. The Bertz CT molecular complexity index is 1050. The molecule has 0 unspecified atom stereocenters. The van der Waals surface area contributed by atoms with E-state index in [0.717, 1.165) is 48.9 Å². The third-order valence-corrected chi connectivity index (χ3v) is 5.88. The number of likely N-dealkylation sites (tertiary alicyclic amines) is 1. The number of nitrogens with zero attached hydrogens (tertiary/aromatic N) is 3. The van der Waals surface area contributed by atoms with E-state index in [1.807, 2.05) is 55.5 Å². The lowest BCUT2D eigenvalue weighted by molar-refractivity contribution is 0.0965. The molecule has 5 rings (SSSR count). The Kier molecular flexibility index (Phi) is 4.40. The molecule has 1 aliphatic carbocycles. The summed E-state index contributed by atoms with van der Waals surface area (Å²) in [5, 5.41) is 0.635. The number of hydrogen-bond acceptors (Lipinski definition) is 4. The fourth-order valence-electron chi connectivity index (χ4n) is 4.21. The minimum atomic E-state index is -0.0378. The Morgan fingerprint density at radius 2 is 1.68 bits per heavy atom. The fourth-order valence-corrected chi connectivity index (χ4v) is 4.21. The second kappa shape index (κ2) is 7.06. The van der Waals surface area contributed by atoms with E-state index in [2.05, 4.69) is 9.88 Å². The van der Waals surface area contributed by atoms with Crippen LogP contribution in [-0.4, -0.2) is 39.7 Å². The van der Waals surface area contributed by atoms with Gasteiger partial charge < -0.3 is 9.64 Å². The van der Waals surface area contributed by atoms with E-state index in [4.69, 9.17) is 4.74 Å². The monoisotopic (exact) mass is 375 g/mol. The summed E-state index contributed by atoms with van der Waals surface area (Å²) in [5.41, 5.74) is 1.51. The summed E-state index contributed by atoms with van der Waals surface area (Å²) in [7, 11) is 0. The molecule has 3 aromatic rings. The van der Waals surface area contributed by atoms with E-state index in [0.29, 0.717) is 11.2 Å². The maximum absolute atomic E-state index is 12.9. The van der Waals surface area contributed by atoms with Gasteiger partial charge in [-0.2, -0.15) is 0 Å². The van der Waals surface area contributed by atoms with Crippen LogP contribution in [0, 0.1) is 6.92 Å². The van der Waals surface area contributed by atoms with Gasteiger partial charge in [-0.1, -0.05) is 12.1 Å². The standard InChI is InChI=1S/C23H25N3O2/c1-16-24-22-5-3-2-4-21(22)23(27)26(16)18-8-10-19(11-9-18)28-20-12-14-25(15-13-20)17-6-7-17/h2-5,8-11,17,20H,6-7,12-15H2,1H3. The number of aryl methyl sites for hydroxylation is 1. The molecule has 0 bridgehead atoms. The van der Waals surface area contributed by atoms with Gasteiger partial charge >= 0.3 is 0 Å². The first-order valence-electron chi connectivity index (χ1n) is 10.2. The van der Waals surface area contributed by atoms with Gasteiger partial charge in [0.2, 0.25) is 0 Å². The molecule has 2 aromatic carbocycles. The topological polar surface area (TPSA) is 47.4 Å². The average molecular weight is 375 g/mol. The highest BCUT2D eigenvalue weighted by molar-refractivity contribution is 5.77. The summed E-state index contributed by atoms with van der Waals surface area (Å²) >= 11 is 0. The van der Waals surface area contributed by atoms with Gasteiger partial charge in [-0.15, -0.1) is 0 Å². The Balaban J connectivity index is 1.34. The van der Waals surface area contributed by atoms with E-state index in [1.54, 1.807) is 4.57 Å². The normalized spacial score (nSPS) is 18.5. The highest BCUT2D eigenvalue weighted by Gasteiger charge is 2.32. The van der Waals surface area contributed by atoms with E-state index in [9.17, 15) is 4.79 Å². The van der Waals surface area contributed by atoms with E-state index in [1.165, 1.54) is 12.8 Å². The maximum Gasteiger partial charge on any atom is 0.265 e. The Labute approximate surface area is 164 Å². The van der Waals surface area contributed by atoms with Crippen LogP contribution < -0.4 is 10.3 Å². The zero-order valence-corrected chi connectivity index (χ0v) is 16.2. The smallest absolute Gasteiger partial charge is 0.265 e. The lowest BCUT2D eigenvalue weighted by Gasteiger charge is -2.32. The molecular weight excluding hydrogens is 350 g/mol. The summed E-state index contributed by atoms with van der Waals surface area (Å²) in [6.07, 6.45) is 5.20. The quantitative estimate of drug-likeness (QED) is 0.698. The van der Waals surface area contributed by atoms with Gasteiger partial charge in [-0.25, -0.2) is 4.98 Å². The number of rotatable bonds is 4. The predicted molar refractivity (Wildman–Crippen MR) is 110 cm³/mol. The van der Waals surface area contributed by atoms with Crippen molar-refractivity contribution < 1.29 is 4.74 Å². The molecule has 0 radical (unpaired) electrons. The first-order chi connectivity index (χ1) is 13.7. The van der Waals surface area contributed by atoms with Crippen molar-refractivity contribution in [3.8, 4) is 11.4 Å². The van der Waals surface area contributed by atoms with Gasteiger partial charge in [0, 0.05) is 19.1 Å². The number of para-hydroxylation sites is 1. The molecule has 1 saturated carbocycles. The molecule has 0 N–H and O–H groups in total. The molecule has 144 valence electrons. The number of hydrogen-bond donors (Lipinski definition) is 0. The minimum absolute atomic E-state index is 0.0378. The Morgan fingerprint density at radius 1 is 0.964 bits per heavy atom. The molecule has 0 spiro atoms. The molecule has 0 atom stereocenters. The van der Waals surface area contributed by atoms with Crippen molar-refractivity contribution in [2.75, 3.05) is 13.1 Å². The third-order valence-electron chi connectivity index (χ3n) is 5.88. The van der Waals surface area contributed by atoms with Crippen LogP contribution in [0.1, 0.15) is 31.5 Å². The van der Waals surface area contributed by atoms with E-state index in [-0.39, 0.29) is 11.7 Å². The molecule has 1 aromatic heterocycles. The van der Waals surface area contributed by atoms with Crippen molar-refractivity contribution in [2.45, 2.75) is 44.8 Å². The van der Waals surface area contributed by atoms with Crippen LogP contribution in [-0.2, 0) is 0 Å². The molecule has 2 heterocycles. The molecule has 5 nitrogen and oxygen atoms in total. The SMILES string of the molecule is Cc1nc2ccccc2c(=O)n1-c1ccc(OC2CCN(C3CC3)CC2)cc1. The van der Waals surface area contributed by atoms with Crippen molar-refractivity contribution in [3.05, 3.63) is 64.7 Å². The summed E-state index contributed by atoms with van der Waals surface area (Å²) in [4.78, 5) is 20.1. The van der Waals surface area contributed by atoms with Crippen LogP contribution in [0.2, 0.25) is 0 Å². The number of aromatic nitrogens is 2. The van der Waals surface area contributed by atoms with Gasteiger partial charge in [0.25, 0.3) is 5.56 Å². The minimum Gasteiger partial charge on any atom is -0.490 e. The average Bonchev–Trinajstić information content (AvgIpc) is 3.55. The van der Waals surface area contributed by atoms with Gasteiger partial charge in [0.15, 0.2) is 0 Å². The second-order valence-corrected chi connectivity index (χ2v) is 7.89. The van der Waals surface area contributed by atoms with Crippen LogP contribution >= 0.6 is 0 Å². The number of piperidine rings is 1. The van der Waals surface area contributed by atoms with Crippen LogP contribution in [0.4, 0.5) is 0 Å². The Hall–Kier alpha value is -2.66. The number of fused-ring (bicyclic) bond motifs is 1. The van der Waals surface area contributed by atoms with Gasteiger partial charge in [-0.05, 0) is 69.0 Å². The molecule has 1 aliphatic heterocycles. The third kappa shape index (κ3) is 3.31. The van der Waals surface area contributed by atoms with Crippen molar-refractivity contribution in [3.63, 3.8) is 0 Å². The lowest BCUT2D eigenvalue weighted by atomic mass is 10.1. The first-order valence-corrected chi connectivity index (χ1v) is 10.2. The summed E-state index contributed by atoms with van der Waals surface area (Å²) in [6.45, 7) is 4.15. The largest absolute Gasteiger partial charge is 0.490 e. The predicted octanol–water partition coefficient (Wildman–Crippen LogP) is 3.70. The highest BCUT2D eigenvalue weighted by Crippen LogP contribution is 2.30. The van der Waals surface area contributed by atoms with Crippen LogP contribution in [0.5, 0.6) is 5.75 Å². The summed E-state index contributed by atoms with van der Waals surface area (Å²) in [6, 6.07) is 16.1. The highest BCUT2D eigenvalue weighted by atomic mass is 16.5. The summed E-state index contributed by atoms with van der Waals surface area (Å²) in [5.74, 6) is 1.55. The second-order valence-electron chi connectivity index (χ2n) is 7.89. The molecule has 1 saturated heterocycles. The van der Waals surface area contributed by atoms with Crippen molar-refractivity contribution in [1.29, 1.82) is 0 Å². The van der Waals surface area contributed by atoms with Gasteiger partial charge in [0.05, 0.1) is 16.6 Å². The molecule has 28 heavy (non-hydrogen) atoms. The van der Waals surface area contributed by atoms with Gasteiger partial charge in [0.1, 0.15) is 17.7 Å². The summed E-state index contributed by atoms with van der Waals surface area (Å²) < 4.78 is 7.86. The van der Waals surface area contributed by atoms with Crippen LogP contribution in [0.3, 0.4) is 0 Å². The zero-order valence-electron chi connectivity index (χ0n) is 16.2. The van der Waals surface area contributed by atoms with Crippen molar-refractivity contribution >= 4 is 10.9 Å². The maximum atomic E-state index is 12.9. The first kappa shape index (κ1) is 17.4. The number of ether oxygens (including phenoxy) is 1. The molecular formula is C23H25N3O2. The molecule has 5 heteroatoms. The van der Waals surface area contributed by atoms with Gasteiger partial charge in [-0.3, -0.25) is 9.36 Å². The zero-order chi connectivity index (χ0) is 19.1. The van der Waals surface area contributed by atoms with Crippen LogP contribution in [0.15, 0.2) is 53.3 Å². The molecule has 2 fully saturated rings. The van der Waals surface area contributed by atoms with Crippen LogP contribution in [0.25, 0.3) is 16.6 Å². The van der Waals surface area contributed by atoms with Crippen molar-refractivity contribution in [2.24, 2.45) is 0 Å². The lowest BCUT2D eigenvalue weighted by Crippen LogP contribution is -2.39.